The van der Waals surface area contributed by atoms with Crippen LogP contribution in [0, 0.1) is 25.5 Å². The van der Waals surface area contributed by atoms with Gasteiger partial charge in [0, 0.05) is 0 Å². The molecule has 0 bridgehead atoms. The third-order valence-corrected chi connectivity index (χ3v) is 3.91. The zero-order valence-corrected chi connectivity index (χ0v) is 14.2. The van der Waals surface area contributed by atoms with E-state index in [0.29, 0.717) is 0 Å². The number of aryl methyl sites for hydroxylation is 2. The Morgan fingerprint density at radius 2 is 1.72 bits per heavy atom. The van der Waals surface area contributed by atoms with Crippen LogP contribution in [0.5, 0.6) is 0 Å². The average Bonchev–Trinajstić information content (AvgIpc) is 2.55. The van der Waals surface area contributed by atoms with Gasteiger partial charge in [0.25, 0.3) is 5.91 Å². The van der Waals surface area contributed by atoms with Crippen molar-refractivity contribution in [1.29, 1.82) is 0 Å². The van der Waals surface area contributed by atoms with E-state index in [4.69, 9.17) is 4.74 Å². The largest absolute Gasteiger partial charge is 0.452 e. The lowest BCUT2D eigenvalue weighted by atomic mass is 10.0. The lowest BCUT2D eigenvalue weighted by molar-refractivity contribution is -0.124. The number of carbonyl (C=O) groups is 2. The highest BCUT2D eigenvalue weighted by molar-refractivity contribution is 5.91. The van der Waals surface area contributed by atoms with Gasteiger partial charge < -0.3 is 10.1 Å². The van der Waals surface area contributed by atoms with E-state index in [0.717, 1.165) is 34.9 Å². The molecule has 2 rings (SSSR count). The smallest absolute Gasteiger partial charge is 0.344 e. The first kappa shape index (κ1) is 18.6. The molecule has 0 radical (unpaired) electrons. The van der Waals surface area contributed by atoms with Gasteiger partial charge in [-0.1, -0.05) is 24.3 Å². The number of rotatable bonds is 5. The van der Waals surface area contributed by atoms with Crippen molar-refractivity contribution in [3.63, 3.8) is 0 Å². The van der Waals surface area contributed by atoms with Gasteiger partial charge in [0.05, 0.1) is 6.04 Å². The van der Waals surface area contributed by atoms with Crippen LogP contribution in [0.25, 0.3) is 0 Å². The minimum absolute atomic E-state index is 0.296. The first-order valence-corrected chi connectivity index (χ1v) is 7.77. The maximum atomic E-state index is 13.5. The molecule has 0 saturated heterocycles. The molecule has 0 heterocycles. The number of amides is 1. The number of esters is 1. The second-order valence-electron chi connectivity index (χ2n) is 5.81. The molecule has 0 aliphatic heterocycles. The average molecular weight is 347 g/mol. The fraction of sp³-hybridized carbons (Fsp3) is 0.263. The van der Waals surface area contributed by atoms with Gasteiger partial charge in [-0.3, -0.25) is 4.79 Å². The predicted molar refractivity (Wildman–Crippen MR) is 89.1 cm³/mol. The third-order valence-electron chi connectivity index (χ3n) is 3.91. The van der Waals surface area contributed by atoms with Crippen LogP contribution in [0.4, 0.5) is 8.78 Å². The van der Waals surface area contributed by atoms with Gasteiger partial charge in [-0.2, -0.15) is 0 Å². The molecule has 1 atom stereocenters. The van der Waals surface area contributed by atoms with Gasteiger partial charge in [0.15, 0.2) is 6.61 Å². The van der Waals surface area contributed by atoms with E-state index < -0.39 is 35.7 Å². The molecule has 0 unspecified atom stereocenters. The standard InChI is InChI=1S/C19H19F2NO3/c1-11-7-8-14(9-12(11)2)13(3)22-17(23)10-25-19(24)18-15(20)5-4-6-16(18)21/h4-9,13H,10H2,1-3H3,(H,22,23)/t13-/m0/s1. The van der Waals surface area contributed by atoms with E-state index in [1.54, 1.807) is 6.92 Å². The molecule has 1 amide bonds. The molecule has 6 heteroatoms. The highest BCUT2D eigenvalue weighted by atomic mass is 19.1. The maximum Gasteiger partial charge on any atom is 0.344 e. The summed E-state index contributed by atoms with van der Waals surface area (Å²) in [4.78, 5) is 23.7. The quantitative estimate of drug-likeness (QED) is 0.841. The highest BCUT2D eigenvalue weighted by Gasteiger charge is 2.20. The van der Waals surface area contributed by atoms with Gasteiger partial charge in [-0.05, 0) is 49.6 Å². The van der Waals surface area contributed by atoms with Crippen LogP contribution in [-0.2, 0) is 9.53 Å². The minimum Gasteiger partial charge on any atom is -0.452 e. The molecule has 0 aromatic heterocycles. The summed E-state index contributed by atoms with van der Waals surface area (Å²) in [6, 6.07) is 8.54. The van der Waals surface area contributed by atoms with Gasteiger partial charge in [0.1, 0.15) is 17.2 Å². The van der Waals surface area contributed by atoms with Crippen molar-refractivity contribution in [2.75, 3.05) is 6.61 Å². The Morgan fingerprint density at radius 3 is 2.32 bits per heavy atom. The third kappa shape index (κ3) is 4.62. The highest BCUT2D eigenvalue weighted by Crippen LogP contribution is 2.17. The van der Waals surface area contributed by atoms with E-state index in [9.17, 15) is 18.4 Å². The molecule has 0 saturated carbocycles. The number of carbonyl (C=O) groups excluding carboxylic acids is 2. The van der Waals surface area contributed by atoms with E-state index in [2.05, 4.69) is 5.32 Å². The zero-order valence-electron chi connectivity index (χ0n) is 14.2. The van der Waals surface area contributed by atoms with E-state index in [1.165, 1.54) is 0 Å². The number of ether oxygens (including phenoxy) is 1. The number of hydrogen-bond donors (Lipinski definition) is 1. The fourth-order valence-corrected chi connectivity index (χ4v) is 2.30. The van der Waals surface area contributed by atoms with Crippen LogP contribution in [0.15, 0.2) is 36.4 Å². The van der Waals surface area contributed by atoms with Gasteiger partial charge >= 0.3 is 5.97 Å². The second kappa shape index (κ2) is 7.88. The molecule has 0 fully saturated rings. The summed E-state index contributed by atoms with van der Waals surface area (Å²) < 4.78 is 31.7. The lowest BCUT2D eigenvalue weighted by Crippen LogP contribution is -2.31. The van der Waals surface area contributed by atoms with Gasteiger partial charge in [-0.15, -0.1) is 0 Å². The van der Waals surface area contributed by atoms with Gasteiger partial charge in [0.2, 0.25) is 0 Å². The summed E-state index contributed by atoms with van der Waals surface area (Å²) >= 11 is 0. The van der Waals surface area contributed by atoms with Crippen LogP contribution in [-0.4, -0.2) is 18.5 Å². The van der Waals surface area contributed by atoms with Crippen molar-refractivity contribution in [2.24, 2.45) is 0 Å². The predicted octanol–water partition coefficient (Wildman–Crippen LogP) is 3.62. The first-order chi connectivity index (χ1) is 11.8. The molecule has 4 nitrogen and oxygen atoms in total. The first-order valence-electron chi connectivity index (χ1n) is 7.77. The minimum atomic E-state index is -1.22. The van der Waals surface area contributed by atoms with Crippen LogP contribution in [0.3, 0.4) is 0 Å². The van der Waals surface area contributed by atoms with Crippen molar-refractivity contribution < 1.29 is 23.1 Å². The SMILES string of the molecule is Cc1ccc([C@H](C)NC(=O)COC(=O)c2c(F)cccc2F)cc1C. The maximum absolute atomic E-state index is 13.5. The van der Waals surface area contributed by atoms with E-state index >= 15 is 0 Å². The molecule has 25 heavy (non-hydrogen) atoms. The molecular weight excluding hydrogens is 328 g/mol. The van der Waals surface area contributed by atoms with Crippen LogP contribution >= 0.6 is 0 Å². The van der Waals surface area contributed by atoms with Crippen LogP contribution < -0.4 is 5.32 Å². The molecule has 0 spiro atoms. The number of nitrogens with one attached hydrogen (secondary N) is 1. The van der Waals surface area contributed by atoms with E-state index in [1.807, 2.05) is 32.0 Å². The van der Waals surface area contributed by atoms with Crippen LogP contribution in [0.1, 0.15) is 40.0 Å². The molecule has 2 aromatic rings. The lowest BCUT2D eigenvalue weighted by Gasteiger charge is -2.16. The zero-order chi connectivity index (χ0) is 18.6. The number of hydrogen-bond acceptors (Lipinski definition) is 3. The fourth-order valence-electron chi connectivity index (χ4n) is 2.30. The summed E-state index contributed by atoms with van der Waals surface area (Å²) in [5, 5.41) is 2.68. The molecule has 1 N–H and O–H groups in total. The topological polar surface area (TPSA) is 55.4 Å². The van der Waals surface area contributed by atoms with Crippen molar-refractivity contribution in [3.8, 4) is 0 Å². The Hall–Kier alpha value is -2.76. The Morgan fingerprint density at radius 1 is 1.08 bits per heavy atom. The Labute approximate surface area is 144 Å². The summed E-state index contributed by atoms with van der Waals surface area (Å²) in [6.07, 6.45) is 0. The second-order valence-corrected chi connectivity index (χ2v) is 5.81. The molecule has 0 aliphatic carbocycles. The Kier molecular flexibility index (Phi) is 5.85. The Bertz CT molecular complexity index is 785. The van der Waals surface area contributed by atoms with Crippen molar-refractivity contribution >= 4 is 11.9 Å². The van der Waals surface area contributed by atoms with Crippen LogP contribution in [0.2, 0.25) is 0 Å². The number of halogens is 2. The monoisotopic (exact) mass is 347 g/mol. The van der Waals surface area contributed by atoms with Gasteiger partial charge in [-0.25, -0.2) is 13.6 Å². The molecule has 0 aliphatic rings. The normalized spacial score (nSPS) is 11.7. The van der Waals surface area contributed by atoms with Crippen molar-refractivity contribution in [2.45, 2.75) is 26.8 Å². The molecular formula is C19H19F2NO3. The Balaban J connectivity index is 1.94. The van der Waals surface area contributed by atoms with Crippen molar-refractivity contribution in [1.82, 2.24) is 5.32 Å². The van der Waals surface area contributed by atoms with Crippen molar-refractivity contribution in [3.05, 3.63) is 70.3 Å². The molecule has 2 aromatic carbocycles. The summed E-state index contributed by atoms with van der Waals surface area (Å²) in [6.45, 7) is 5.13. The van der Waals surface area contributed by atoms with E-state index in [-0.39, 0.29) is 6.04 Å². The number of benzene rings is 2. The molecule has 132 valence electrons. The summed E-state index contributed by atoms with van der Waals surface area (Å²) in [5.74, 6) is -3.84. The summed E-state index contributed by atoms with van der Waals surface area (Å²) in [5.41, 5.74) is 2.34. The summed E-state index contributed by atoms with van der Waals surface area (Å²) in [7, 11) is 0.